The number of methoxy groups -OCH3 is 1. The highest BCUT2D eigenvalue weighted by molar-refractivity contribution is 5.98. The molecular formula is C21H15F8N3O4. The Morgan fingerprint density at radius 2 is 1.47 bits per heavy atom. The Balaban J connectivity index is 0.000000276. The van der Waals surface area contributed by atoms with E-state index in [1.165, 1.54) is 25.3 Å². The van der Waals surface area contributed by atoms with Gasteiger partial charge in [-0.2, -0.15) is 26.3 Å². The second-order valence-electron chi connectivity index (χ2n) is 6.27. The van der Waals surface area contributed by atoms with Crippen LogP contribution in [-0.4, -0.2) is 51.6 Å². The van der Waals surface area contributed by atoms with Crippen molar-refractivity contribution in [2.45, 2.75) is 18.5 Å². The van der Waals surface area contributed by atoms with Crippen molar-refractivity contribution in [2.75, 3.05) is 7.11 Å². The SMILES string of the molecule is COc1ccc(C(=O)C(F)(F)F)nc1.O=Cc1ccc(F)cn1.OC(c1ccc(F)cn1)C(F)(F)F. The van der Waals surface area contributed by atoms with Crippen molar-refractivity contribution >= 4 is 12.1 Å². The summed E-state index contributed by atoms with van der Waals surface area (Å²) in [6.45, 7) is 0. The van der Waals surface area contributed by atoms with Crippen LogP contribution in [0.25, 0.3) is 0 Å². The minimum absolute atomic E-state index is 0.247. The number of hydrogen-bond acceptors (Lipinski definition) is 7. The van der Waals surface area contributed by atoms with Crippen LogP contribution in [0.5, 0.6) is 5.75 Å². The van der Waals surface area contributed by atoms with Crippen LogP contribution in [-0.2, 0) is 0 Å². The van der Waals surface area contributed by atoms with Crippen molar-refractivity contribution in [3.63, 3.8) is 0 Å². The maximum atomic E-state index is 12.2. The number of alkyl halides is 6. The van der Waals surface area contributed by atoms with E-state index in [1.807, 2.05) is 0 Å². The number of rotatable bonds is 4. The third-order valence-electron chi connectivity index (χ3n) is 3.67. The van der Waals surface area contributed by atoms with Crippen LogP contribution in [0.3, 0.4) is 0 Å². The van der Waals surface area contributed by atoms with Crippen molar-refractivity contribution in [3.8, 4) is 5.75 Å². The normalized spacial score (nSPS) is 11.7. The van der Waals surface area contributed by atoms with Gasteiger partial charge in [0.2, 0.25) is 0 Å². The lowest BCUT2D eigenvalue weighted by atomic mass is 10.2. The van der Waals surface area contributed by atoms with E-state index in [0.717, 1.165) is 30.6 Å². The van der Waals surface area contributed by atoms with Gasteiger partial charge in [-0.3, -0.25) is 19.6 Å². The fraction of sp³-hybridized carbons (Fsp3) is 0.190. The lowest BCUT2D eigenvalue weighted by molar-refractivity contribution is -0.208. The third kappa shape index (κ3) is 10.1. The molecule has 0 saturated carbocycles. The van der Waals surface area contributed by atoms with Gasteiger partial charge in [0.05, 0.1) is 31.4 Å². The van der Waals surface area contributed by atoms with Crippen LogP contribution in [0.2, 0.25) is 0 Å². The zero-order valence-electron chi connectivity index (χ0n) is 17.9. The number of aliphatic hydroxyl groups is 1. The van der Waals surface area contributed by atoms with Crippen molar-refractivity contribution in [1.29, 1.82) is 0 Å². The fourth-order valence-electron chi connectivity index (χ4n) is 1.95. The van der Waals surface area contributed by atoms with Crippen molar-refractivity contribution in [2.24, 2.45) is 0 Å². The van der Waals surface area contributed by atoms with Gasteiger partial charge in [-0.15, -0.1) is 0 Å². The molecule has 1 N–H and O–H groups in total. The molecular weight excluding hydrogens is 510 g/mol. The smallest absolute Gasteiger partial charge is 0.456 e. The zero-order chi connectivity index (χ0) is 27.5. The molecule has 0 amide bonds. The summed E-state index contributed by atoms with van der Waals surface area (Å²) < 4.78 is 100. The predicted octanol–water partition coefficient (Wildman–Crippen LogP) is 4.68. The summed E-state index contributed by atoms with van der Waals surface area (Å²) in [5.41, 5.74) is -1.01. The molecule has 3 heterocycles. The van der Waals surface area contributed by atoms with Gasteiger partial charge in [0, 0.05) is 0 Å². The number of nitrogens with zero attached hydrogens (tertiary/aromatic N) is 3. The Labute approximate surface area is 197 Å². The first-order valence-corrected chi connectivity index (χ1v) is 9.23. The first-order chi connectivity index (χ1) is 16.7. The minimum Gasteiger partial charge on any atom is -0.495 e. The number of aromatic nitrogens is 3. The molecule has 0 aromatic carbocycles. The van der Waals surface area contributed by atoms with Gasteiger partial charge in [-0.1, -0.05) is 0 Å². The number of ketones is 1. The summed E-state index contributed by atoms with van der Waals surface area (Å²) >= 11 is 0. The molecule has 0 spiro atoms. The second kappa shape index (κ2) is 13.2. The van der Waals surface area contributed by atoms with E-state index in [1.54, 1.807) is 0 Å². The van der Waals surface area contributed by atoms with E-state index in [4.69, 9.17) is 5.11 Å². The van der Waals surface area contributed by atoms with Crippen LogP contribution in [0.1, 0.15) is 32.8 Å². The first kappa shape index (κ1) is 30.0. The van der Waals surface area contributed by atoms with E-state index in [9.17, 15) is 44.7 Å². The molecule has 0 fully saturated rings. The fourth-order valence-corrected chi connectivity index (χ4v) is 1.95. The van der Waals surface area contributed by atoms with Crippen LogP contribution >= 0.6 is 0 Å². The molecule has 3 rings (SSSR count). The van der Waals surface area contributed by atoms with Gasteiger partial charge < -0.3 is 9.84 Å². The second-order valence-corrected chi connectivity index (χ2v) is 6.27. The quantitative estimate of drug-likeness (QED) is 0.300. The number of ether oxygens (including phenoxy) is 1. The molecule has 15 heteroatoms. The van der Waals surface area contributed by atoms with Crippen LogP contribution in [0.15, 0.2) is 55.0 Å². The van der Waals surface area contributed by atoms with Gasteiger partial charge in [0.15, 0.2) is 12.4 Å². The molecule has 7 nitrogen and oxygen atoms in total. The molecule has 0 radical (unpaired) electrons. The summed E-state index contributed by atoms with van der Waals surface area (Å²) in [4.78, 5) is 30.4. The molecule has 0 saturated heterocycles. The standard InChI is InChI=1S/C8H6F3NO2.C7H5F4NO.C6H4FNO/c1-14-5-2-3-6(12-4-5)7(13)8(9,10)11;8-4-1-2-5(12-3-4)6(13)7(9,10)11;7-5-1-2-6(4-9)8-3-5/h2-4H,1H3;1-3,6,13H;1-4H. The van der Waals surface area contributed by atoms with E-state index < -0.39 is 47.3 Å². The molecule has 1 atom stereocenters. The average Bonchev–Trinajstić information content (AvgIpc) is 2.84. The maximum Gasteiger partial charge on any atom is 0.456 e. The molecule has 0 aliphatic heterocycles. The number of carbonyl (C=O) groups is 2. The Kier molecular flexibility index (Phi) is 11.0. The molecule has 3 aromatic rings. The molecule has 0 aliphatic rings. The molecule has 1 unspecified atom stereocenters. The number of hydrogen-bond donors (Lipinski definition) is 1. The van der Waals surface area contributed by atoms with E-state index in [2.05, 4.69) is 19.7 Å². The molecule has 0 bridgehead atoms. The topological polar surface area (TPSA) is 102 Å². The third-order valence-corrected chi connectivity index (χ3v) is 3.67. The summed E-state index contributed by atoms with van der Waals surface area (Å²) in [6, 6.07) is 6.31. The lowest BCUT2D eigenvalue weighted by Gasteiger charge is -2.13. The molecule has 36 heavy (non-hydrogen) atoms. The Hall–Kier alpha value is -4.01. The number of carbonyl (C=O) groups excluding carboxylic acids is 2. The van der Waals surface area contributed by atoms with E-state index in [-0.39, 0.29) is 5.69 Å². The highest BCUT2D eigenvalue weighted by Gasteiger charge is 2.40. The van der Waals surface area contributed by atoms with Crippen molar-refractivity contribution in [3.05, 3.63) is 83.7 Å². The van der Waals surface area contributed by atoms with E-state index in [0.29, 0.717) is 18.2 Å². The van der Waals surface area contributed by atoms with Crippen LogP contribution in [0.4, 0.5) is 35.1 Å². The Bertz CT molecular complexity index is 1100. The Morgan fingerprint density at radius 3 is 1.83 bits per heavy atom. The minimum atomic E-state index is -4.89. The number of aldehydes is 1. The number of Topliss-reactive ketones (excluding diaryl/α,β-unsaturated/α-hetero) is 1. The average molecular weight is 525 g/mol. The molecule has 194 valence electrons. The van der Waals surface area contributed by atoms with Crippen LogP contribution < -0.4 is 4.74 Å². The van der Waals surface area contributed by atoms with Gasteiger partial charge in [-0.05, 0) is 36.4 Å². The largest absolute Gasteiger partial charge is 0.495 e. The number of aliphatic hydroxyl groups excluding tert-OH is 1. The van der Waals surface area contributed by atoms with Crippen molar-refractivity contribution in [1.82, 2.24) is 15.0 Å². The van der Waals surface area contributed by atoms with Crippen LogP contribution in [0, 0.1) is 11.6 Å². The van der Waals surface area contributed by atoms with E-state index >= 15 is 0 Å². The number of pyridine rings is 3. The van der Waals surface area contributed by atoms with Gasteiger partial charge in [-0.25, -0.2) is 13.8 Å². The van der Waals surface area contributed by atoms with Gasteiger partial charge >= 0.3 is 12.4 Å². The summed E-state index contributed by atoms with van der Waals surface area (Å²) in [5, 5.41) is 8.64. The van der Waals surface area contributed by atoms with Crippen molar-refractivity contribution < 1.29 is 54.6 Å². The molecule has 0 aliphatic carbocycles. The highest BCUT2D eigenvalue weighted by atomic mass is 19.4. The Morgan fingerprint density at radius 1 is 0.889 bits per heavy atom. The lowest BCUT2D eigenvalue weighted by Crippen LogP contribution is -2.23. The summed E-state index contributed by atoms with van der Waals surface area (Å²) in [7, 11) is 1.35. The van der Waals surface area contributed by atoms with Gasteiger partial charge in [0.1, 0.15) is 28.8 Å². The van der Waals surface area contributed by atoms with Gasteiger partial charge in [0.25, 0.3) is 5.78 Å². The zero-order valence-corrected chi connectivity index (χ0v) is 17.9. The summed E-state index contributed by atoms with van der Waals surface area (Å²) in [6.07, 6.45) is -9.08. The highest BCUT2D eigenvalue weighted by Crippen LogP contribution is 2.31. The number of halogens is 8. The predicted molar refractivity (Wildman–Crippen MR) is 106 cm³/mol. The first-order valence-electron chi connectivity index (χ1n) is 9.23. The monoisotopic (exact) mass is 525 g/mol. The molecule has 3 aromatic heterocycles. The summed E-state index contributed by atoms with van der Waals surface area (Å²) in [5.74, 6) is -2.84. The maximum absolute atomic E-state index is 12.2.